The maximum Gasteiger partial charge on any atom is 0.158 e. The summed E-state index contributed by atoms with van der Waals surface area (Å²) in [7, 11) is -3.17. The van der Waals surface area contributed by atoms with Gasteiger partial charge in [-0.2, -0.15) is 0 Å². The van der Waals surface area contributed by atoms with Crippen molar-refractivity contribution in [3.63, 3.8) is 0 Å². The minimum Gasteiger partial charge on any atom is -0.493 e. The second kappa shape index (κ2) is 5.97. The lowest BCUT2D eigenvalue weighted by Gasteiger charge is -2.22. The zero-order valence-corrected chi connectivity index (χ0v) is 13.7. The van der Waals surface area contributed by atoms with E-state index < -0.39 is 20.7 Å². The first-order valence-corrected chi connectivity index (χ1v) is 9.02. The van der Waals surface area contributed by atoms with E-state index in [-0.39, 0.29) is 12.4 Å². The van der Waals surface area contributed by atoms with Gasteiger partial charge in [0.1, 0.15) is 12.4 Å². The lowest BCUT2D eigenvalue weighted by Crippen LogP contribution is -2.32. The Kier molecular flexibility index (Phi) is 4.63. The molecule has 2 rings (SSSR count). The molecule has 1 aromatic carbocycles. The van der Waals surface area contributed by atoms with Crippen LogP contribution in [0.1, 0.15) is 50.8 Å². The number of aliphatic hydroxyl groups is 1. The van der Waals surface area contributed by atoms with Crippen LogP contribution >= 0.6 is 0 Å². The lowest BCUT2D eigenvalue weighted by molar-refractivity contribution is 0.156. The van der Waals surface area contributed by atoms with Gasteiger partial charge in [-0.3, -0.25) is 0 Å². The normalized spacial score (nSPS) is 19.1. The van der Waals surface area contributed by atoms with E-state index >= 15 is 0 Å². The maximum absolute atomic E-state index is 12.0. The highest BCUT2D eigenvalue weighted by atomic mass is 32.2. The molecule has 1 aromatic rings. The topological polar surface area (TPSA) is 63.6 Å². The highest BCUT2D eigenvalue weighted by molar-refractivity contribution is 7.92. The van der Waals surface area contributed by atoms with Crippen molar-refractivity contribution in [3.05, 3.63) is 29.3 Å². The summed E-state index contributed by atoms with van der Waals surface area (Å²) in [4.78, 5) is 0. The van der Waals surface area contributed by atoms with Crippen LogP contribution in [-0.2, 0) is 16.3 Å². The Morgan fingerprint density at radius 1 is 1.33 bits per heavy atom. The van der Waals surface area contributed by atoms with E-state index in [9.17, 15) is 13.5 Å². The number of sulfone groups is 1. The summed E-state index contributed by atoms with van der Waals surface area (Å²) < 4.78 is 28.8. The van der Waals surface area contributed by atoms with Crippen molar-refractivity contribution in [1.82, 2.24) is 0 Å². The molecule has 0 heterocycles. The molecule has 0 bridgehead atoms. The number of benzene rings is 1. The van der Waals surface area contributed by atoms with Gasteiger partial charge in [0.15, 0.2) is 9.84 Å². The molecule has 1 atom stereocenters. The van der Waals surface area contributed by atoms with Crippen LogP contribution in [0.15, 0.2) is 18.2 Å². The van der Waals surface area contributed by atoms with Crippen LogP contribution in [0.25, 0.3) is 0 Å². The quantitative estimate of drug-likeness (QED) is 0.928. The van der Waals surface area contributed by atoms with E-state index in [2.05, 4.69) is 0 Å². The number of hydrogen-bond acceptors (Lipinski definition) is 4. The van der Waals surface area contributed by atoms with Gasteiger partial charge in [-0.15, -0.1) is 0 Å². The van der Waals surface area contributed by atoms with Gasteiger partial charge in [-0.1, -0.05) is 6.07 Å². The fourth-order valence-electron chi connectivity index (χ4n) is 2.42. The van der Waals surface area contributed by atoms with E-state index in [4.69, 9.17) is 4.74 Å². The van der Waals surface area contributed by atoms with Crippen molar-refractivity contribution in [2.24, 2.45) is 0 Å². The van der Waals surface area contributed by atoms with Gasteiger partial charge in [0, 0.05) is 0 Å². The first kappa shape index (κ1) is 16.3. The molecule has 118 valence electrons. The van der Waals surface area contributed by atoms with Crippen molar-refractivity contribution in [2.45, 2.75) is 50.9 Å². The highest BCUT2D eigenvalue weighted by Crippen LogP contribution is 2.32. The van der Waals surface area contributed by atoms with Crippen LogP contribution in [-0.4, -0.2) is 30.6 Å². The predicted molar refractivity (Wildman–Crippen MR) is 83.4 cm³/mol. The van der Waals surface area contributed by atoms with Crippen molar-refractivity contribution < 1.29 is 18.3 Å². The number of aliphatic hydroxyl groups excluding tert-OH is 1. The van der Waals surface area contributed by atoms with E-state index in [1.165, 1.54) is 0 Å². The molecule has 5 heteroatoms. The number of fused-ring (bicyclic) bond motifs is 1. The Morgan fingerprint density at radius 3 is 2.71 bits per heavy atom. The number of aryl methyl sites for hydroxylation is 1. The van der Waals surface area contributed by atoms with Gasteiger partial charge in [0.2, 0.25) is 0 Å². The minimum atomic E-state index is -3.17. The molecule has 0 amide bonds. The number of hydrogen-bond donors (Lipinski definition) is 1. The predicted octanol–water partition coefficient (Wildman–Crippen LogP) is 2.65. The van der Waals surface area contributed by atoms with Crippen molar-refractivity contribution in [3.8, 4) is 5.75 Å². The van der Waals surface area contributed by atoms with Crippen LogP contribution in [0.4, 0.5) is 0 Å². The van der Waals surface area contributed by atoms with E-state index in [1.54, 1.807) is 20.8 Å². The summed E-state index contributed by atoms with van der Waals surface area (Å²) >= 11 is 0. The zero-order chi connectivity index (χ0) is 15.7. The van der Waals surface area contributed by atoms with Gasteiger partial charge < -0.3 is 9.84 Å². The average Bonchev–Trinajstić information content (AvgIpc) is 2.38. The van der Waals surface area contributed by atoms with E-state index in [0.29, 0.717) is 5.75 Å². The van der Waals surface area contributed by atoms with Crippen LogP contribution in [0, 0.1) is 0 Å². The Morgan fingerprint density at radius 2 is 2.05 bits per heavy atom. The molecule has 0 radical (unpaired) electrons. The Bertz CT molecular complexity index is 599. The van der Waals surface area contributed by atoms with Crippen LogP contribution < -0.4 is 4.74 Å². The summed E-state index contributed by atoms with van der Waals surface area (Å²) in [6, 6.07) is 5.65. The average molecular weight is 312 g/mol. The molecule has 0 saturated carbocycles. The molecule has 0 aliphatic heterocycles. The second-order valence-electron chi connectivity index (χ2n) is 6.55. The standard InChI is InChI=1S/C16H24O4S/c1-16(2,3)21(18,19)10-9-20-13-8-7-12-5-4-6-15(17)14(12)11-13/h7-8,11,15,17H,4-6,9-10H2,1-3H3. The number of ether oxygens (including phenoxy) is 1. The van der Waals surface area contributed by atoms with E-state index in [1.807, 2.05) is 18.2 Å². The number of rotatable bonds is 4. The largest absolute Gasteiger partial charge is 0.493 e. The molecule has 1 unspecified atom stereocenters. The lowest BCUT2D eigenvalue weighted by atomic mass is 9.89. The summed E-state index contributed by atoms with van der Waals surface area (Å²) in [6.07, 6.45) is 2.31. The molecule has 1 N–H and O–H groups in total. The minimum absolute atomic E-state index is 0.00383. The monoisotopic (exact) mass is 312 g/mol. The molecule has 1 aliphatic rings. The highest BCUT2D eigenvalue weighted by Gasteiger charge is 2.28. The zero-order valence-electron chi connectivity index (χ0n) is 12.9. The molecular weight excluding hydrogens is 288 g/mol. The Balaban J connectivity index is 2.00. The van der Waals surface area contributed by atoms with Crippen LogP contribution in [0.5, 0.6) is 5.75 Å². The van der Waals surface area contributed by atoms with Crippen molar-refractivity contribution in [2.75, 3.05) is 12.4 Å². The summed E-state index contributed by atoms with van der Waals surface area (Å²) in [5, 5.41) is 10.00. The first-order chi connectivity index (χ1) is 9.71. The molecule has 1 aliphatic carbocycles. The van der Waals surface area contributed by atoms with Crippen molar-refractivity contribution >= 4 is 9.84 Å². The molecule has 0 saturated heterocycles. The Hall–Kier alpha value is -1.07. The van der Waals surface area contributed by atoms with E-state index in [0.717, 1.165) is 30.4 Å². The van der Waals surface area contributed by atoms with Crippen LogP contribution in [0.2, 0.25) is 0 Å². The van der Waals surface area contributed by atoms with Gasteiger partial charge >= 0.3 is 0 Å². The van der Waals surface area contributed by atoms with Gasteiger partial charge in [0.25, 0.3) is 0 Å². The SMILES string of the molecule is CC(C)(C)S(=O)(=O)CCOc1ccc2c(c1)C(O)CCC2. The second-order valence-corrected chi connectivity index (χ2v) is 9.41. The fourth-order valence-corrected chi connectivity index (χ4v) is 3.33. The Labute approximate surface area is 127 Å². The molecule has 0 aromatic heterocycles. The fraction of sp³-hybridized carbons (Fsp3) is 0.625. The van der Waals surface area contributed by atoms with Gasteiger partial charge in [-0.05, 0) is 63.3 Å². The molecule has 21 heavy (non-hydrogen) atoms. The molecule has 0 fully saturated rings. The van der Waals surface area contributed by atoms with Gasteiger partial charge in [0.05, 0.1) is 16.6 Å². The summed E-state index contributed by atoms with van der Waals surface area (Å²) in [5.41, 5.74) is 2.07. The van der Waals surface area contributed by atoms with Crippen molar-refractivity contribution in [1.29, 1.82) is 0 Å². The smallest absolute Gasteiger partial charge is 0.158 e. The third-order valence-corrected chi connectivity index (χ3v) is 6.52. The third-order valence-electron chi connectivity index (χ3n) is 3.95. The maximum atomic E-state index is 12.0. The molecular formula is C16H24O4S. The summed E-state index contributed by atoms with van der Waals surface area (Å²) in [6.45, 7) is 5.21. The molecule has 0 spiro atoms. The summed E-state index contributed by atoms with van der Waals surface area (Å²) in [5.74, 6) is 0.620. The third kappa shape index (κ3) is 3.77. The van der Waals surface area contributed by atoms with Crippen LogP contribution in [0.3, 0.4) is 0 Å². The first-order valence-electron chi connectivity index (χ1n) is 7.37. The van der Waals surface area contributed by atoms with Gasteiger partial charge in [-0.25, -0.2) is 8.42 Å². The molecule has 4 nitrogen and oxygen atoms in total.